The Labute approximate surface area is 95.5 Å². The Morgan fingerprint density at radius 3 is 2.94 bits per heavy atom. The van der Waals surface area contributed by atoms with Crippen molar-refractivity contribution < 1.29 is 4.84 Å². The van der Waals surface area contributed by atoms with Crippen LogP contribution in [0.2, 0.25) is 0 Å². The van der Waals surface area contributed by atoms with E-state index < -0.39 is 0 Å². The van der Waals surface area contributed by atoms with E-state index in [1.807, 2.05) is 30.3 Å². The van der Waals surface area contributed by atoms with Crippen molar-refractivity contribution >= 4 is 5.71 Å². The third-order valence-electron chi connectivity index (χ3n) is 2.71. The van der Waals surface area contributed by atoms with Gasteiger partial charge in [-0.1, -0.05) is 35.5 Å². The lowest BCUT2D eigenvalue weighted by atomic mass is 10.1. The number of nitrogens with zero attached hydrogens (tertiary/aromatic N) is 1. The zero-order valence-electron chi connectivity index (χ0n) is 9.23. The highest BCUT2D eigenvalue weighted by molar-refractivity contribution is 5.90. The topological polar surface area (TPSA) is 59.6 Å². The van der Waals surface area contributed by atoms with Crippen molar-refractivity contribution in [3.05, 3.63) is 35.9 Å². The first kappa shape index (κ1) is 11.1. The molecule has 1 heterocycles. The van der Waals surface area contributed by atoms with Crippen molar-refractivity contribution in [2.75, 3.05) is 19.6 Å². The summed E-state index contributed by atoms with van der Waals surface area (Å²) < 4.78 is 0. The number of hydrogen-bond acceptors (Lipinski definition) is 4. The molecule has 4 nitrogen and oxygen atoms in total. The summed E-state index contributed by atoms with van der Waals surface area (Å²) in [5.74, 6) is 0.329. The lowest BCUT2D eigenvalue weighted by molar-refractivity contribution is 0.129. The monoisotopic (exact) mass is 219 g/mol. The molecule has 0 saturated carbocycles. The fourth-order valence-electron chi connectivity index (χ4n) is 1.73. The van der Waals surface area contributed by atoms with Crippen molar-refractivity contribution in [2.24, 2.45) is 16.8 Å². The summed E-state index contributed by atoms with van der Waals surface area (Å²) >= 11 is 0. The molecule has 1 aromatic carbocycles. The summed E-state index contributed by atoms with van der Waals surface area (Å²) in [5.41, 5.74) is 7.78. The highest BCUT2D eigenvalue weighted by Crippen LogP contribution is 2.06. The highest BCUT2D eigenvalue weighted by Gasteiger charge is 2.21. The van der Waals surface area contributed by atoms with Crippen molar-refractivity contribution in [3.8, 4) is 0 Å². The van der Waals surface area contributed by atoms with E-state index >= 15 is 0 Å². The Morgan fingerprint density at radius 1 is 1.38 bits per heavy atom. The van der Waals surface area contributed by atoms with Gasteiger partial charge in [-0.15, -0.1) is 0 Å². The van der Waals surface area contributed by atoms with E-state index in [9.17, 15) is 0 Å². The van der Waals surface area contributed by atoms with Gasteiger partial charge in [0.05, 0.1) is 5.71 Å². The molecule has 0 amide bonds. The van der Waals surface area contributed by atoms with E-state index in [2.05, 4.69) is 10.5 Å². The molecule has 1 saturated heterocycles. The van der Waals surface area contributed by atoms with Crippen LogP contribution in [-0.4, -0.2) is 25.3 Å². The number of nitrogens with one attached hydrogen (secondary N) is 1. The molecule has 1 atom stereocenters. The Morgan fingerprint density at radius 2 is 2.19 bits per heavy atom. The average molecular weight is 219 g/mol. The van der Waals surface area contributed by atoms with Gasteiger partial charge in [-0.3, -0.25) is 0 Å². The van der Waals surface area contributed by atoms with Crippen LogP contribution >= 0.6 is 0 Å². The summed E-state index contributed by atoms with van der Waals surface area (Å²) in [6.07, 6.45) is 0. The molecule has 0 aliphatic carbocycles. The second kappa shape index (κ2) is 5.63. The van der Waals surface area contributed by atoms with Crippen molar-refractivity contribution in [3.63, 3.8) is 0 Å². The summed E-state index contributed by atoms with van der Waals surface area (Å²) in [6.45, 7) is 2.84. The third kappa shape index (κ3) is 2.81. The first-order valence-electron chi connectivity index (χ1n) is 5.53. The first-order chi connectivity index (χ1) is 7.90. The molecular weight excluding hydrogens is 202 g/mol. The second-order valence-electron chi connectivity index (χ2n) is 3.91. The maximum Gasteiger partial charge on any atom is 0.142 e. The quantitative estimate of drug-likeness (QED) is 0.734. The summed E-state index contributed by atoms with van der Waals surface area (Å²) in [4.78, 5) is 5.33. The molecule has 0 radical (unpaired) electrons. The van der Waals surface area contributed by atoms with Crippen LogP contribution in [0.4, 0.5) is 0 Å². The normalized spacial score (nSPS) is 22.6. The predicted octanol–water partition coefficient (Wildman–Crippen LogP) is 0.737. The van der Waals surface area contributed by atoms with Gasteiger partial charge in [0.2, 0.25) is 0 Å². The van der Waals surface area contributed by atoms with Crippen LogP contribution in [0.25, 0.3) is 0 Å². The molecule has 0 aromatic heterocycles. The van der Waals surface area contributed by atoms with Gasteiger partial charge in [-0.25, -0.2) is 0 Å². The number of oxime groups is 1. The van der Waals surface area contributed by atoms with Crippen LogP contribution in [0.1, 0.15) is 5.56 Å². The maximum absolute atomic E-state index is 5.63. The molecule has 2 rings (SSSR count). The zero-order chi connectivity index (χ0) is 11.2. The van der Waals surface area contributed by atoms with Crippen molar-refractivity contribution in [2.45, 2.75) is 6.61 Å². The second-order valence-corrected chi connectivity index (χ2v) is 3.91. The lowest BCUT2D eigenvalue weighted by Crippen LogP contribution is -2.22. The fourth-order valence-corrected chi connectivity index (χ4v) is 1.73. The van der Waals surface area contributed by atoms with Crippen LogP contribution in [0.15, 0.2) is 35.5 Å². The van der Waals surface area contributed by atoms with Crippen LogP contribution in [0.5, 0.6) is 0 Å². The molecule has 1 fully saturated rings. The van der Waals surface area contributed by atoms with E-state index in [1.165, 1.54) is 0 Å². The average Bonchev–Trinajstić information content (AvgIpc) is 2.78. The molecule has 0 bridgehead atoms. The maximum atomic E-state index is 5.63. The van der Waals surface area contributed by atoms with Gasteiger partial charge in [0.1, 0.15) is 6.61 Å². The van der Waals surface area contributed by atoms with Crippen molar-refractivity contribution in [1.29, 1.82) is 0 Å². The molecule has 0 spiro atoms. The Bertz CT molecular complexity index is 351. The van der Waals surface area contributed by atoms with Crippen LogP contribution < -0.4 is 11.1 Å². The molecule has 1 aliphatic rings. The van der Waals surface area contributed by atoms with E-state index in [-0.39, 0.29) is 0 Å². The van der Waals surface area contributed by atoms with Gasteiger partial charge in [0.25, 0.3) is 0 Å². The standard InChI is InChI=1S/C12H17N3O/c13-6-11-7-14-8-12(11)15-16-9-10-4-2-1-3-5-10/h1-5,11,14H,6-9,13H2/b15-12+. The highest BCUT2D eigenvalue weighted by atomic mass is 16.6. The minimum absolute atomic E-state index is 0.329. The van der Waals surface area contributed by atoms with E-state index in [1.54, 1.807) is 0 Å². The van der Waals surface area contributed by atoms with Crippen LogP contribution in [0, 0.1) is 5.92 Å². The minimum atomic E-state index is 0.329. The SMILES string of the molecule is NCC1CNC/C1=N\OCc1ccccc1. The number of hydrogen-bond donors (Lipinski definition) is 2. The zero-order valence-corrected chi connectivity index (χ0v) is 9.23. The molecule has 4 heteroatoms. The first-order valence-corrected chi connectivity index (χ1v) is 5.53. The van der Waals surface area contributed by atoms with Gasteiger partial charge in [0.15, 0.2) is 0 Å². The third-order valence-corrected chi connectivity index (χ3v) is 2.71. The molecule has 3 N–H and O–H groups in total. The Kier molecular flexibility index (Phi) is 3.91. The summed E-state index contributed by atoms with van der Waals surface area (Å²) in [6, 6.07) is 10.0. The molecule has 1 aliphatic heterocycles. The molecule has 1 unspecified atom stereocenters. The number of rotatable bonds is 4. The van der Waals surface area contributed by atoms with Gasteiger partial charge in [0, 0.05) is 25.6 Å². The minimum Gasteiger partial charge on any atom is -0.391 e. The van der Waals surface area contributed by atoms with Gasteiger partial charge in [-0.05, 0) is 5.56 Å². The Balaban J connectivity index is 1.85. The van der Waals surface area contributed by atoms with Gasteiger partial charge < -0.3 is 15.9 Å². The predicted molar refractivity (Wildman–Crippen MR) is 64.1 cm³/mol. The van der Waals surface area contributed by atoms with E-state index in [0.717, 1.165) is 24.4 Å². The van der Waals surface area contributed by atoms with Crippen LogP contribution in [-0.2, 0) is 11.4 Å². The largest absolute Gasteiger partial charge is 0.391 e. The molecule has 16 heavy (non-hydrogen) atoms. The molecule has 86 valence electrons. The van der Waals surface area contributed by atoms with Gasteiger partial charge >= 0.3 is 0 Å². The van der Waals surface area contributed by atoms with Crippen molar-refractivity contribution in [1.82, 2.24) is 5.32 Å². The lowest BCUT2D eigenvalue weighted by Gasteiger charge is -2.06. The Hall–Kier alpha value is -1.39. The van der Waals surface area contributed by atoms with Crippen LogP contribution in [0.3, 0.4) is 0 Å². The number of nitrogens with two attached hydrogens (primary N) is 1. The fraction of sp³-hybridized carbons (Fsp3) is 0.417. The smallest absolute Gasteiger partial charge is 0.142 e. The van der Waals surface area contributed by atoms with E-state index in [4.69, 9.17) is 10.6 Å². The summed E-state index contributed by atoms with van der Waals surface area (Å²) in [5, 5.41) is 7.38. The van der Waals surface area contributed by atoms with Gasteiger partial charge in [-0.2, -0.15) is 0 Å². The molecular formula is C12H17N3O. The summed E-state index contributed by atoms with van der Waals surface area (Å²) in [7, 11) is 0. The molecule has 1 aromatic rings. The van der Waals surface area contributed by atoms with E-state index in [0.29, 0.717) is 19.1 Å². The number of benzene rings is 1.